The Bertz CT molecular complexity index is 556. The van der Waals surface area contributed by atoms with Crippen LogP contribution in [0.4, 0.5) is 15.8 Å². The zero-order chi connectivity index (χ0) is 16.1. The molecule has 6 nitrogen and oxygen atoms in total. The van der Waals surface area contributed by atoms with Crippen molar-refractivity contribution in [1.29, 1.82) is 0 Å². The number of esters is 1. The number of carbonyl (C=O) groups is 1. The summed E-state index contributed by atoms with van der Waals surface area (Å²) < 4.78 is 18.1. The predicted molar refractivity (Wildman–Crippen MR) is 79.1 cm³/mol. The Hall–Kier alpha value is -2.18. The summed E-state index contributed by atoms with van der Waals surface area (Å²) in [5.74, 6) is -0.904. The number of hydrogen-bond donors (Lipinski definition) is 1. The number of rotatable bonds is 5. The van der Waals surface area contributed by atoms with Crippen molar-refractivity contribution in [2.75, 3.05) is 11.9 Å². The third kappa shape index (κ3) is 3.93. The molecule has 0 amide bonds. The molecule has 7 heteroatoms. The summed E-state index contributed by atoms with van der Waals surface area (Å²) in [6.07, 6.45) is 2.81. The number of anilines is 1. The number of nitro benzene ring substituents is 1. The molecule has 1 aromatic rings. The number of nitro groups is 1. The summed E-state index contributed by atoms with van der Waals surface area (Å²) in [5.41, 5.74) is 0.0403. The fraction of sp³-hybridized carbons (Fsp3) is 0.533. The van der Waals surface area contributed by atoms with E-state index in [4.69, 9.17) is 4.74 Å². The van der Waals surface area contributed by atoms with Gasteiger partial charge in [0.15, 0.2) is 0 Å². The van der Waals surface area contributed by atoms with Crippen molar-refractivity contribution in [2.24, 2.45) is 5.92 Å². The Morgan fingerprint density at radius 3 is 2.68 bits per heavy atom. The van der Waals surface area contributed by atoms with Gasteiger partial charge in [0.1, 0.15) is 11.5 Å². The van der Waals surface area contributed by atoms with Crippen LogP contribution in [0.5, 0.6) is 0 Å². The second-order valence-corrected chi connectivity index (χ2v) is 5.36. The monoisotopic (exact) mass is 310 g/mol. The summed E-state index contributed by atoms with van der Waals surface area (Å²) in [5, 5.41) is 14.1. The van der Waals surface area contributed by atoms with Gasteiger partial charge in [-0.2, -0.15) is 0 Å². The first-order chi connectivity index (χ1) is 10.5. The Labute approximate surface area is 127 Å². The molecule has 2 rings (SSSR count). The van der Waals surface area contributed by atoms with Crippen LogP contribution in [0.25, 0.3) is 0 Å². The van der Waals surface area contributed by atoms with Crippen molar-refractivity contribution in [3.63, 3.8) is 0 Å². The minimum absolute atomic E-state index is 0.0369. The second-order valence-electron chi connectivity index (χ2n) is 5.36. The molecule has 120 valence electrons. The van der Waals surface area contributed by atoms with Gasteiger partial charge >= 0.3 is 5.97 Å². The summed E-state index contributed by atoms with van der Waals surface area (Å²) in [6.45, 7) is 2.15. The molecule has 0 radical (unpaired) electrons. The highest BCUT2D eigenvalue weighted by Gasteiger charge is 2.28. The molecular formula is C15H19FN2O4. The number of halogens is 1. The standard InChI is InChI=1S/C15H19FN2O4/c1-2-22-15(19)10-3-6-12(7-4-10)17-13-8-5-11(16)9-14(13)18(20)21/h5,8-10,12,17H,2-4,6-7H2,1H3. The van der Waals surface area contributed by atoms with Crippen molar-refractivity contribution in [1.82, 2.24) is 0 Å². The van der Waals surface area contributed by atoms with Gasteiger partial charge in [-0.15, -0.1) is 0 Å². The molecule has 0 atom stereocenters. The van der Waals surface area contributed by atoms with E-state index in [1.807, 2.05) is 0 Å². The normalized spacial score (nSPS) is 21.2. The minimum atomic E-state index is -0.636. The third-order valence-electron chi connectivity index (χ3n) is 3.86. The average Bonchev–Trinajstić information content (AvgIpc) is 2.50. The zero-order valence-electron chi connectivity index (χ0n) is 12.4. The number of nitrogens with zero attached hydrogens (tertiary/aromatic N) is 1. The maximum absolute atomic E-state index is 13.1. The molecule has 0 heterocycles. The SMILES string of the molecule is CCOC(=O)C1CCC(Nc2ccc(F)cc2[N+](=O)[O-])CC1. The fourth-order valence-electron chi connectivity index (χ4n) is 2.73. The van der Waals surface area contributed by atoms with Crippen LogP contribution in [-0.4, -0.2) is 23.5 Å². The van der Waals surface area contributed by atoms with Gasteiger partial charge in [0.25, 0.3) is 5.69 Å². The van der Waals surface area contributed by atoms with Gasteiger partial charge in [-0.1, -0.05) is 0 Å². The highest BCUT2D eigenvalue weighted by atomic mass is 19.1. The van der Waals surface area contributed by atoms with Gasteiger partial charge < -0.3 is 10.1 Å². The highest BCUT2D eigenvalue weighted by molar-refractivity contribution is 5.72. The van der Waals surface area contributed by atoms with E-state index in [2.05, 4.69) is 5.32 Å². The average molecular weight is 310 g/mol. The molecule has 1 saturated carbocycles. The van der Waals surface area contributed by atoms with E-state index < -0.39 is 10.7 Å². The molecule has 0 unspecified atom stereocenters. The van der Waals surface area contributed by atoms with Crippen molar-refractivity contribution in [2.45, 2.75) is 38.6 Å². The largest absolute Gasteiger partial charge is 0.466 e. The third-order valence-corrected chi connectivity index (χ3v) is 3.86. The molecule has 1 aliphatic carbocycles. The van der Waals surface area contributed by atoms with E-state index in [9.17, 15) is 19.3 Å². The highest BCUT2D eigenvalue weighted by Crippen LogP contribution is 2.31. The van der Waals surface area contributed by atoms with Crippen LogP contribution in [-0.2, 0) is 9.53 Å². The predicted octanol–water partition coefficient (Wildman–Crippen LogP) is 3.27. The van der Waals surface area contributed by atoms with Crippen LogP contribution >= 0.6 is 0 Å². The molecule has 1 fully saturated rings. The van der Waals surface area contributed by atoms with Crippen LogP contribution in [0.15, 0.2) is 18.2 Å². The number of nitrogens with one attached hydrogen (secondary N) is 1. The van der Waals surface area contributed by atoms with Gasteiger partial charge in [0.05, 0.1) is 23.5 Å². The number of hydrogen-bond acceptors (Lipinski definition) is 5. The summed E-state index contributed by atoms with van der Waals surface area (Å²) >= 11 is 0. The number of carbonyl (C=O) groups excluding carboxylic acids is 1. The van der Waals surface area contributed by atoms with Crippen LogP contribution < -0.4 is 5.32 Å². The smallest absolute Gasteiger partial charge is 0.308 e. The molecule has 0 aromatic heterocycles. The first-order valence-electron chi connectivity index (χ1n) is 7.38. The molecule has 0 saturated heterocycles. The first-order valence-corrected chi connectivity index (χ1v) is 7.38. The Kier molecular flexibility index (Phi) is 5.30. The fourth-order valence-corrected chi connectivity index (χ4v) is 2.73. The van der Waals surface area contributed by atoms with Gasteiger partial charge in [-0.3, -0.25) is 14.9 Å². The Balaban J connectivity index is 1.96. The lowest BCUT2D eigenvalue weighted by Crippen LogP contribution is -2.30. The lowest BCUT2D eigenvalue weighted by Gasteiger charge is -2.28. The zero-order valence-corrected chi connectivity index (χ0v) is 12.4. The molecular weight excluding hydrogens is 291 g/mol. The van der Waals surface area contributed by atoms with Crippen LogP contribution in [0.1, 0.15) is 32.6 Å². The van der Waals surface area contributed by atoms with Gasteiger partial charge in [0.2, 0.25) is 0 Å². The van der Waals surface area contributed by atoms with Crippen LogP contribution in [0.2, 0.25) is 0 Å². The lowest BCUT2D eigenvalue weighted by molar-refractivity contribution is -0.384. The molecule has 1 N–H and O–H groups in total. The lowest BCUT2D eigenvalue weighted by atomic mass is 9.86. The molecule has 22 heavy (non-hydrogen) atoms. The van der Waals surface area contributed by atoms with Crippen LogP contribution in [0, 0.1) is 21.8 Å². The maximum Gasteiger partial charge on any atom is 0.308 e. The van der Waals surface area contributed by atoms with E-state index in [0.717, 1.165) is 18.9 Å². The van der Waals surface area contributed by atoms with Crippen LogP contribution in [0.3, 0.4) is 0 Å². The van der Waals surface area contributed by atoms with Gasteiger partial charge in [0, 0.05) is 6.04 Å². The Morgan fingerprint density at radius 1 is 1.41 bits per heavy atom. The van der Waals surface area contributed by atoms with Crippen molar-refractivity contribution in [3.05, 3.63) is 34.1 Å². The summed E-state index contributed by atoms with van der Waals surface area (Å²) in [7, 11) is 0. The minimum Gasteiger partial charge on any atom is -0.466 e. The van der Waals surface area contributed by atoms with Gasteiger partial charge in [-0.25, -0.2) is 4.39 Å². The van der Waals surface area contributed by atoms with E-state index in [0.29, 0.717) is 25.1 Å². The quantitative estimate of drug-likeness (QED) is 0.513. The topological polar surface area (TPSA) is 81.5 Å². The number of benzene rings is 1. The molecule has 1 aromatic carbocycles. The van der Waals surface area contributed by atoms with E-state index in [-0.39, 0.29) is 23.6 Å². The summed E-state index contributed by atoms with van der Waals surface area (Å²) in [4.78, 5) is 22.0. The van der Waals surface area contributed by atoms with Crippen molar-refractivity contribution >= 4 is 17.3 Å². The summed E-state index contributed by atoms with van der Waals surface area (Å²) in [6, 6.07) is 3.52. The van der Waals surface area contributed by atoms with Gasteiger partial charge in [-0.05, 0) is 44.7 Å². The second kappa shape index (κ2) is 7.20. The molecule has 0 aliphatic heterocycles. The molecule has 0 bridgehead atoms. The van der Waals surface area contributed by atoms with Crippen molar-refractivity contribution in [3.8, 4) is 0 Å². The Morgan fingerprint density at radius 2 is 2.09 bits per heavy atom. The maximum atomic E-state index is 13.1. The van der Waals surface area contributed by atoms with E-state index in [1.165, 1.54) is 12.1 Å². The van der Waals surface area contributed by atoms with Crippen molar-refractivity contribution < 1.29 is 18.8 Å². The molecule has 0 spiro atoms. The van der Waals surface area contributed by atoms with E-state index >= 15 is 0 Å². The molecule has 1 aliphatic rings. The number of ether oxygens (including phenoxy) is 1. The van der Waals surface area contributed by atoms with E-state index in [1.54, 1.807) is 6.92 Å². The first kappa shape index (κ1) is 16.2.